The highest BCUT2D eigenvalue weighted by atomic mass is 35.5. The van der Waals surface area contributed by atoms with E-state index in [4.69, 9.17) is 21.1 Å². The van der Waals surface area contributed by atoms with Crippen LogP contribution in [-0.4, -0.2) is 24.9 Å². The quantitative estimate of drug-likeness (QED) is 0.740. The second kappa shape index (κ2) is 10.4. The molecular weight excluding hydrogens is 349 g/mol. The molecule has 0 heterocycles. The van der Waals surface area contributed by atoms with Gasteiger partial charge < -0.3 is 19.9 Å². The lowest BCUT2D eigenvalue weighted by atomic mass is 10.2. The summed E-state index contributed by atoms with van der Waals surface area (Å²) in [6, 6.07) is 13.6. The smallest absolute Gasteiger partial charge is 0.180 e. The van der Waals surface area contributed by atoms with Crippen LogP contribution in [0.4, 0.5) is 0 Å². The van der Waals surface area contributed by atoms with Crippen molar-refractivity contribution in [2.45, 2.75) is 26.2 Å². The summed E-state index contributed by atoms with van der Waals surface area (Å²) in [4.78, 5) is 0. The molecule has 0 aromatic heterocycles. The van der Waals surface area contributed by atoms with Gasteiger partial charge in [-0.25, -0.2) is 0 Å². The molecule has 132 valence electrons. The van der Waals surface area contributed by atoms with E-state index in [-0.39, 0.29) is 18.5 Å². The van der Waals surface area contributed by atoms with Crippen molar-refractivity contribution in [3.05, 3.63) is 58.6 Å². The molecule has 2 aromatic carbocycles. The first-order chi connectivity index (χ1) is 11.1. The average Bonchev–Trinajstić information content (AvgIpc) is 2.54. The molecule has 1 unspecified atom stereocenters. The molecular formula is C18H23Cl2NO3. The highest BCUT2D eigenvalue weighted by molar-refractivity contribution is 6.32. The van der Waals surface area contributed by atoms with E-state index in [0.29, 0.717) is 36.2 Å². The lowest BCUT2D eigenvalue weighted by molar-refractivity contribution is 0.191. The number of aliphatic hydroxyl groups excluding tert-OH is 1. The Labute approximate surface area is 154 Å². The maximum atomic E-state index is 9.27. The number of hydrogen-bond acceptors (Lipinski definition) is 4. The zero-order valence-corrected chi connectivity index (χ0v) is 15.4. The molecule has 24 heavy (non-hydrogen) atoms. The molecule has 1 atom stereocenters. The average molecular weight is 372 g/mol. The van der Waals surface area contributed by atoms with Crippen molar-refractivity contribution < 1.29 is 14.6 Å². The first-order valence-electron chi connectivity index (χ1n) is 7.52. The van der Waals surface area contributed by atoms with Crippen molar-refractivity contribution in [2.75, 3.05) is 13.7 Å². The molecule has 0 saturated carbocycles. The Morgan fingerprint density at radius 3 is 2.50 bits per heavy atom. The monoisotopic (exact) mass is 371 g/mol. The summed E-state index contributed by atoms with van der Waals surface area (Å²) in [5.74, 6) is 1.14. The van der Waals surface area contributed by atoms with Gasteiger partial charge in [-0.15, -0.1) is 12.4 Å². The Kier molecular flexibility index (Phi) is 8.93. The minimum Gasteiger partial charge on any atom is -0.493 e. The number of halogens is 2. The fourth-order valence-electron chi connectivity index (χ4n) is 2.17. The van der Waals surface area contributed by atoms with E-state index in [1.807, 2.05) is 42.5 Å². The van der Waals surface area contributed by atoms with Gasteiger partial charge in [0.05, 0.1) is 18.2 Å². The van der Waals surface area contributed by atoms with Gasteiger partial charge in [0.2, 0.25) is 0 Å². The molecule has 0 aliphatic carbocycles. The number of aliphatic hydroxyl groups is 1. The van der Waals surface area contributed by atoms with Crippen LogP contribution in [0.1, 0.15) is 18.1 Å². The Balaban J connectivity index is 0.00000288. The second-order valence-electron chi connectivity index (χ2n) is 5.36. The summed E-state index contributed by atoms with van der Waals surface area (Å²) in [5, 5.41) is 12.9. The molecule has 0 radical (unpaired) electrons. The fourth-order valence-corrected chi connectivity index (χ4v) is 2.46. The zero-order valence-electron chi connectivity index (χ0n) is 13.8. The highest BCUT2D eigenvalue weighted by Crippen LogP contribution is 2.36. The van der Waals surface area contributed by atoms with Gasteiger partial charge in [-0.3, -0.25) is 0 Å². The Morgan fingerprint density at radius 1 is 1.17 bits per heavy atom. The highest BCUT2D eigenvalue weighted by Gasteiger charge is 2.12. The lowest BCUT2D eigenvalue weighted by Gasteiger charge is -2.15. The molecule has 0 aliphatic heterocycles. The SMILES string of the molecule is COc1cc(CNCC(C)O)cc(Cl)c1OCc1ccccc1.Cl. The van der Waals surface area contributed by atoms with Crippen LogP contribution >= 0.6 is 24.0 Å². The summed E-state index contributed by atoms with van der Waals surface area (Å²) in [6.07, 6.45) is -0.388. The summed E-state index contributed by atoms with van der Waals surface area (Å²) in [5.41, 5.74) is 2.04. The third kappa shape index (κ3) is 6.21. The molecule has 6 heteroatoms. The third-order valence-electron chi connectivity index (χ3n) is 3.28. The van der Waals surface area contributed by atoms with Crippen LogP contribution in [0.25, 0.3) is 0 Å². The van der Waals surface area contributed by atoms with Gasteiger partial charge in [0.15, 0.2) is 11.5 Å². The maximum Gasteiger partial charge on any atom is 0.180 e. The molecule has 4 nitrogen and oxygen atoms in total. The molecule has 2 N–H and O–H groups in total. The summed E-state index contributed by atoms with van der Waals surface area (Å²) >= 11 is 6.34. The molecule has 0 bridgehead atoms. The summed E-state index contributed by atoms with van der Waals surface area (Å²) in [6.45, 7) is 3.28. The van der Waals surface area contributed by atoms with Crippen molar-refractivity contribution >= 4 is 24.0 Å². The molecule has 0 fully saturated rings. The van der Waals surface area contributed by atoms with E-state index in [1.165, 1.54) is 0 Å². The van der Waals surface area contributed by atoms with E-state index in [2.05, 4.69) is 5.32 Å². The van der Waals surface area contributed by atoms with Crippen molar-refractivity contribution in [3.63, 3.8) is 0 Å². The fraction of sp³-hybridized carbons (Fsp3) is 0.333. The number of ether oxygens (including phenoxy) is 2. The Hall–Kier alpha value is -1.46. The number of rotatable bonds is 8. The van der Waals surface area contributed by atoms with Gasteiger partial charge in [0, 0.05) is 13.1 Å². The first kappa shape index (κ1) is 20.6. The molecule has 2 aromatic rings. The van der Waals surface area contributed by atoms with Gasteiger partial charge in [-0.2, -0.15) is 0 Å². The zero-order chi connectivity index (χ0) is 16.7. The van der Waals surface area contributed by atoms with Crippen molar-refractivity contribution in [1.82, 2.24) is 5.32 Å². The normalized spacial score (nSPS) is 11.5. The Morgan fingerprint density at radius 2 is 1.88 bits per heavy atom. The van der Waals surface area contributed by atoms with Crippen molar-refractivity contribution in [1.29, 1.82) is 0 Å². The summed E-state index contributed by atoms with van der Waals surface area (Å²) < 4.78 is 11.2. The van der Waals surface area contributed by atoms with E-state index in [0.717, 1.165) is 11.1 Å². The van der Waals surface area contributed by atoms with Crippen LogP contribution in [0, 0.1) is 0 Å². The molecule has 0 spiro atoms. The largest absolute Gasteiger partial charge is 0.493 e. The molecule has 2 rings (SSSR count). The third-order valence-corrected chi connectivity index (χ3v) is 3.56. The number of hydrogen-bond donors (Lipinski definition) is 2. The van der Waals surface area contributed by atoms with Gasteiger partial charge in [-0.05, 0) is 30.2 Å². The Bertz CT molecular complexity index is 621. The molecule has 0 amide bonds. The van der Waals surface area contributed by atoms with Gasteiger partial charge >= 0.3 is 0 Å². The van der Waals surface area contributed by atoms with E-state index in [9.17, 15) is 5.11 Å². The van der Waals surface area contributed by atoms with Crippen molar-refractivity contribution in [3.8, 4) is 11.5 Å². The summed E-state index contributed by atoms with van der Waals surface area (Å²) in [7, 11) is 1.59. The molecule has 0 saturated heterocycles. The lowest BCUT2D eigenvalue weighted by Crippen LogP contribution is -2.23. The van der Waals surface area contributed by atoms with E-state index in [1.54, 1.807) is 14.0 Å². The van der Waals surface area contributed by atoms with Crippen LogP contribution in [0.15, 0.2) is 42.5 Å². The first-order valence-corrected chi connectivity index (χ1v) is 7.90. The standard InChI is InChI=1S/C18H22ClNO3.ClH/c1-13(21)10-20-11-15-8-16(19)18(17(9-15)22-2)23-12-14-6-4-3-5-7-14;/h3-9,13,20-21H,10-12H2,1-2H3;1H. The number of nitrogens with one attached hydrogen (secondary N) is 1. The van der Waals surface area contributed by atoms with Crippen molar-refractivity contribution in [2.24, 2.45) is 0 Å². The van der Waals surface area contributed by atoms with E-state index >= 15 is 0 Å². The number of benzene rings is 2. The number of methoxy groups -OCH3 is 1. The predicted molar refractivity (Wildman–Crippen MR) is 99.4 cm³/mol. The second-order valence-corrected chi connectivity index (χ2v) is 5.77. The van der Waals surface area contributed by atoms with Gasteiger partial charge in [-0.1, -0.05) is 41.9 Å². The van der Waals surface area contributed by atoms with Crippen LogP contribution in [0.5, 0.6) is 11.5 Å². The van der Waals surface area contributed by atoms with Crippen LogP contribution in [0.2, 0.25) is 5.02 Å². The molecule has 0 aliphatic rings. The van der Waals surface area contributed by atoms with Gasteiger partial charge in [0.1, 0.15) is 6.61 Å². The van der Waals surface area contributed by atoms with E-state index < -0.39 is 0 Å². The van der Waals surface area contributed by atoms with Gasteiger partial charge in [0.25, 0.3) is 0 Å². The maximum absolute atomic E-state index is 9.27. The minimum atomic E-state index is -0.388. The van der Waals surface area contributed by atoms with Crippen LogP contribution in [-0.2, 0) is 13.2 Å². The predicted octanol–water partition coefficient (Wildman–Crippen LogP) is 3.82. The topological polar surface area (TPSA) is 50.7 Å². The minimum absolute atomic E-state index is 0. The van der Waals surface area contributed by atoms with Crippen LogP contribution in [0.3, 0.4) is 0 Å². The van der Waals surface area contributed by atoms with Crippen LogP contribution < -0.4 is 14.8 Å².